The van der Waals surface area contributed by atoms with Crippen molar-refractivity contribution in [2.45, 2.75) is 26.2 Å². The van der Waals surface area contributed by atoms with E-state index in [-0.39, 0.29) is 17.2 Å². The molecule has 4 rings (SSSR count). The highest BCUT2D eigenvalue weighted by Gasteiger charge is 2.20. The molecule has 0 radical (unpaired) electrons. The van der Waals surface area contributed by atoms with Crippen molar-refractivity contribution in [2.75, 3.05) is 10.6 Å². The topological polar surface area (TPSA) is 97.1 Å². The van der Waals surface area contributed by atoms with Crippen LogP contribution in [0.3, 0.4) is 0 Å². The summed E-state index contributed by atoms with van der Waals surface area (Å²) in [6.07, 6.45) is 1.67. The van der Waals surface area contributed by atoms with Crippen LogP contribution in [0.5, 0.6) is 0 Å². The minimum absolute atomic E-state index is 0.199. The summed E-state index contributed by atoms with van der Waals surface area (Å²) in [7, 11) is 0. The quantitative estimate of drug-likeness (QED) is 0.488. The number of carbonyl (C=O) groups is 2. The molecule has 4 aromatic rings. The Labute approximate surface area is 179 Å². The summed E-state index contributed by atoms with van der Waals surface area (Å²) in [5.74, 6) is 0.404. The summed E-state index contributed by atoms with van der Waals surface area (Å²) in [5.41, 5.74) is 1.12. The summed E-state index contributed by atoms with van der Waals surface area (Å²) < 4.78 is 5.28. The summed E-state index contributed by atoms with van der Waals surface area (Å²) >= 11 is 0. The van der Waals surface area contributed by atoms with Crippen molar-refractivity contribution < 1.29 is 14.1 Å². The van der Waals surface area contributed by atoms with Gasteiger partial charge in [0.1, 0.15) is 11.5 Å². The molecule has 0 saturated carbocycles. The maximum absolute atomic E-state index is 12.5. The number of pyridine rings is 1. The van der Waals surface area contributed by atoms with Crippen LogP contribution in [0.1, 0.15) is 47.4 Å². The highest BCUT2D eigenvalue weighted by atomic mass is 16.5. The van der Waals surface area contributed by atoms with Gasteiger partial charge in [0, 0.05) is 34.3 Å². The largest absolute Gasteiger partial charge is 0.359 e. The van der Waals surface area contributed by atoms with E-state index in [1.807, 2.05) is 45.0 Å². The zero-order valence-corrected chi connectivity index (χ0v) is 17.5. The van der Waals surface area contributed by atoms with Crippen molar-refractivity contribution in [2.24, 2.45) is 0 Å². The van der Waals surface area contributed by atoms with Crippen molar-refractivity contribution >= 4 is 34.1 Å². The Balaban J connectivity index is 1.41. The molecular formula is C24H22N4O3. The van der Waals surface area contributed by atoms with Gasteiger partial charge in [-0.1, -0.05) is 50.2 Å². The van der Waals surface area contributed by atoms with E-state index < -0.39 is 0 Å². The average Bonchev–Trinajstić information content (AvgIpc) is 3.23. The molecule has 0 bridgehead atoms. The molecular weight excluding hydrogens is 392 g/mol. The normalized spacial score (nSPS) is 11.3. The fourth-order valence-electron chi connectivity index (χ4n) is 2.98. The summed E-state index contributed by atoms with van der Waals surface area (Å²) in [5, 5.41) is 11.3. The maximum Gasteiger partial charge on any atom is 0.274 e. The van der Waals surface area contributed by atoms with Crippen LogP contribution in [-0.4, -0.2) is 22.0 Å². The minimum Gasteiger partial charge on any atom is -0.359 e. The van der Waals surface area contributed by atoms with Crippen molar-refractivity contribution in [3.05, 3.63) is 83.9 Å². The zero-order chi connectivity index (χ0) is 22.0. The van der Waals surface area contributed by atoms with Crippen LogP contribution in [0.2, 0.25) is 0 Å². The molecule has 0 unspecified atom stereocenters. The first-order valence-corrected chi connectivity index (χ1v) is 9.84. The number of amides is 2. The molecule has 0 spiro atoms. The van der Waals surface area contributed by atoms with E-state index in [4.69, 9.17) is 4.52 Å². The predicted octanol–water partition coefficient (Wildman–Crippen LogP) is 5.02. The van der Waals surface area contributed by atoms with Gasteiger partial charge in [0.15, 0.2) is 5.82 Å². The molecule has 0 atom stereocenters. The smallest absolute Gasteiger partial charge is 0.274 e. The van der Waals surface area contributed by atoms with Gasteiger partial charge >= 0.3 is 0 Å². The molecule has 2 aromatic carbocycles. The molecule has 2 aromatic heterocycles. The van der Waals surface area contributed by atoms with E-state index in [0.29, 0.717) is 28.5 Å². The second kappa shape index (κ2) is 8.02. The predicted molar refractivity (Wildman–Crippen MR) is 119 cm³/mol. The van der Waals surface area contributed by atoms with Crippen LogP contribution in [0.15, 0.2) is 71.4 Å². The first kappa shape index (κ1) is 20.3. The number of nitrogens with one attached hydrogen (secondary N) is 2. The van der Waals surface area contributed by atoms with Crippen LogP contribution >= 0.6 is 0 Å². The summed E-state index contributed by atoms with van der Waals surface area (Å²) in [6.45, 7) is 6.00. The van der Waals surface area contributed by atoms with Crippen molar-refractivity contribution in [3.63, 3.8) is 0 Å². The highest BCUT2D eigenvalue weighted by molar-refractivity contribution is 6.06. The van der Waals surface area contributed by atoms with E-state index in [9.17, 15) is 9.59 Å². The minimum atomic E-state index is -0.319. The lowest BCUT2D eigenvalue weighted by molar-refractivity contribution is 0.101. The first-order valence-electron chi connectivity index (χ1n) is 9.84. The van der Waals surface area contributed by atoms with Gasteiger partial charge in [0.2, 0.25) is 0 Å². The Hall–Kier alpha value is -4.00. The zero-order valence-electron chi connectivity index (χ0n) is 17.5. The van der Waals surface area contributed by atoms with E-state index >= 15 is 0 Å². The molecule has 7 heteroatoms. The number of hydrogen-bond donors (Lipinski definition) is 2. The average molecular weight is 414 g/mol. The van der Waals surface area contributed by atoms with Gasteiger partial charge in [-0.25, -0.2) is 0 Å². The van der Waals surface area contributed by atoms with Gasteiger partial charge in [0.05, 0.1) is 0 Å². The van der Waals surface area contributed by atoms with E-state index in [2.05, 4.69) is 20.8 Å². The molecule has 0 saturated heterocycles. The Morgan fingerprint density at radius 2 is 1.58 bits per heavy atom. The lowest BCUT2D eigenvalue weighted by Crippen LogP contribution is -2.15. The Morgan fingerprint density at radius 1 is 0.871 bits per heavy atom. The molecule has 0 aliphatic carbocycles. The SMILES string of the molecule is CC(C)(C)c1cc(NC(=O)c2ccc(NC(=O)c3cc4ccccc4cn3)cc2)no1. The van der Waals surface area contributed by atoms with Crippen LogP contribution in [0.4, 0.5) is 11.5 Å². The first-order chi connectivity index (χ1) is 14.8. The van der Waals surface area contributed by atoms with Gasteiger partial charge in [-0.3, -0.25) is 14.6 Å². The van der Waals surface area contributed by atoms with E-state index in [1.54, 1.807) is 42.6 Å². The van der Waals surface area contributed by atoms with Crippen molar-refractivity contribution in [3.8, 4) is 0 Å². The Morgan fingerprint density at radius 3 is 2.26 bits per heavy atom. The van der Waals surface area contributed by atoms with E-state index in [0.717, 1.165) is 10.8 Å². The standard InChI is InChI=1S/C24H22N4O3/c1-24(2,3)20-13-21(28-31-20)27-22(29)15-8-10-18(11-9-15)26-23(30)19-12-16-6-4-5-7-17(16)14-25-19/h4-14H,1-3H3,(H,26,30)(H,27,28,29). The number of benzene rings is 2. The molecule has 0 aliphatic rings. The Bertz CT molecular complexity index is 1250. The molecule has 2 heterocycles. The summed E-state index contributed by atoms with van der Waals surface area (Å²) in [6, 6.07) is 17.8. The molecule has 2 amide bonds. The van der Waals surface area contributed by atoms with Crippen LogP contribution in [-0.2, 0) is 5.41 Å². The highest BCUT2D eigenvalue weighted by Crippen LogP contribution is 2.24. The molecule has 7 nitrogen and oxygen atoms in total. The number of nitrogens with zero attached hydrogens (tertiary/aromatic N) is 2. The fourth-order valence-corrected chi connectivity index (χ4v) is 2.98. The number of aromatic nitrogens is 2. The van der Waals surface area contributed by atoms with Crippen LogP contribution in [0, 0.1) is 0 Å². The second-order valence-corrected chi connectivity index (χ2v) is 8.23. The molecule has 156 valence electrons. The third-order valence-electron chi connectivity index (χ3n) is 4.76. The van der Waals surface area contributed by atoms with Gasteiger partial charge in [-0.05, 0) is 35.7 Å². The number of rotatable bonds is 4. The molecule has 2 N–H and O–H groups in total. The van der Waals surface area contributed by atoms with Gasteiger partial charge < -0.3 is 15.2 Å². The maximum atomic E-state index is 12.5. The van der Waals surface area contributed by atoms with Crippen molar-refractivity contribution in [1.29, 1.82) is 0 Å². The van der Waals surface area contributed by atoms with Gasteiger partial charge in [0.25, 0.3) is 11.8 Å². The lowest BCUT2D eigenvalue weighted by atomic mass is 9.93. The number of anilines is 2. The van der Waals surface area contributed by atoms with Gasteiger partial charge in [-0.2, -0.15) is 0 Å². The number of hydrogen-bond acceptors (Lipinski definition) is 5. The fraction of sp³-hybridized carbons (Fsp3) is 0.167. The number of carbonyl (C=O) groups excluding carboxylic acids is 2. The third kappa shape index (κ3) is 4.61. The Kier molecular flexibility index (Phi) is 5.25. The second-order valence-electron chi connectivity index (χ2n) is 8.23. The van der Waals surface area contributed by atoms with E-state index in [1.165, 1.54) is 0 Å². The monoisotopic (exact) mass is 414 g/mol. The number of fused-ring (bicyclic) bond motifs is 1. The van der Waals surface area contributed by atoms with Crippen LogP contribution in [0.25, 0.3) is 10.8 Å². The molecule has 0 aliphatic heterocycles. The molecule has 0 fully saturated rings. The summed E-state index contributed by atoms with van der Waals surface area (Å²) in [4.78, 5) is 29.2. The van der Waals surface area contributed by atoms with Gasteiger partial charge in [-0.15, -0.1) is 0 Å². The van der Waals surface area contributed by atoms with Crippen LogP contribution < -0.4 is 10.6 Å². The van der Waals surface area contributed by atoms with Crippen molar-refractivity contribution in [1.82, 2.24) is 10.1 Å². The lowest BCUT2D eigenvalue weighted by Gasteiger charge is -2.12. The third-order valence-corrected chi connectivity index (χ3v) is 4.76. The molecule has 31 heavy (non-hydrogen) atoms.